The Kier molecular flexibility index (Phi) is 13.7. The first-order chi connectivity index (χ1) is 28.2. The van der Waals surface area contributed by atoms with Gasteiger partial charge in [0.2, 0.25) is 0 Å². The normalized spacial score (nSPS) is 22.1. The van der Waals surface area contributed by atoms with Crippen LogP contribution in [0.4, 0.5) is 0 Å². The van der Waals surface area contributed by atoms with E-state index in [1.54, 1.807) is 44.6 Å². The van der Waals surface area contributed by atoms with Crippen LogP contribution >= 0.6 is 0 Å². The molecule has 3 aliphatic rings. The van der Waals surface area contributed by atoms with Gasteiger partial charge in [0.25, 0.3) is 0 Å². The van der Waals surface area contributed by atoms with Crippen LogP contribution < -0.4 is 24.3 Å². The van der Waals surface area contributed by atoms with Crippen molar-refractivity contribution in [1.82, 2.24) is 5.32 Å². The maximum Gasteiger partial charge on any atom is 0.128 e. The first kappa shape index (κ1) is 41.7. The van der Waals surface area contributed by atoms with Crippen LogP contribution in [-0.4, -0.2) is 67.1 Å². The Morgan fingerprint density at radius 3 is 2.41 bits per heavy atom. The van der Waals surface area contributed by atoms with Crippen molar-refractivity contribution < 1.29 is 44.1 Å². The zero-order valence-corrected chi connectivity index (χ0v) is 34.4. The minimum absolute atomic E-state index is 0.0629. The number of aliphatic hydroxyl groups excluding tert-OH is 2. The summed E-state index contributed by atoms with van der Waals surface area (Å²) in [5.41, 5.74) is 5.56. The van der Waals surface area contributed by atoms with Crippen molar-refractivity contribution in [2.45, 2.75) is 108 Å². The van der Waals surface area contributed by atoms with E-state index in [2.05, 4.69) is 12.2 Å². The van der Waals surface area contributed by atoms with Gasteiger partial charge in [0, 0.05) is 60.3 Å². The summed E-state index contributed by atoms with van der Waals surface area (Å²) >= 11 is 0. The number of phenols is 2. The highest BCUT2D eigenvalue weighted by Gasteiger charge is 2.48. The summed E-state index contributed by atoms with van der Waals surface area (Å²) in [6, 6.07) is 20.2. The number of aliphatic hydroxyl groups is 2. The highest BCUT2D eigenvalue weighted by atomic mass is 16.5. The minimum atomic E-state index is -1.01. The molecule has 2 aliphatic heterocycles. The van der Waals surface area contributed by atoms with Gasteiger partial charge in [0.05, 0.1) is 32.0 Å². The summed E-state index contributed by atoms with van der Waals surface area (Å²) in [4.78, 5) is 0. The van der Waals surface area contributed by atoms with Gasteiger partial charge in [-0.05, 0) is 117 Å². The van der Waals surface area contributed by atoms with E-state index in [0.29, 0.717) is 60.0 Å². The van der Waals surface area contributed by atoms with Crippen molar-refractivity contribution in [3.05, 3.63) is 94.5 Å². The lowest BCUT2D eigenvalue weighted by molar-refractivity contribution is -0.0890. The summed E-state index contributed by atoms with van der Waals surface area (Å²) in [7, 11) is 5.30. The van der Waals surface area contributed by atoms with E-state index in [1.165, 1.54) is 0 Å². The Balaban J connectivity index is 1.26. The van der Waals surface area contributed by atoms with E-state index in [0.717, 1.165) is 79.2 Å². The summed E-state index contributed by atoms with van der Waals surface area (Å²) in [6.45, 7) is 2.89. The van der Waals surface area contributed by atoms with Crippen molar-refractivity contribution in [1.29, 1.82) is 0 Å². The lowest BCUT2D eigenvalue weighted by Gasteiger charge is -2.45. The molecule has 1 aliphatic carbocycles. The number of aromatic hydroxyl groups is 2. The second kappa shape index (κ2) is 19.1. The monoisotopic (exact) mass is 795 g/mol. The molecule has 0 aromatic heterocycles. The molecule has 0 bridgehead atoms. The molecule has 312 valence electrons. The molecule has 4 aromatic rings. The lowest BCUT2D eigenvalue weighted by Crippen LogP contribution is -2.46. The molecule has 7 rings (SSSR count). The van der Waals surface area contributed by atoms with Crippen LogP contribution in [-0.2, 0) is 11.2 Å². The number of phenolic OH excluding ortho intramolecular Hbond substituents is 2. The molecule has 1 fully saturated rings. The molecule has 58 heavy (non-hydrogen) atoms. The number of ether oxygens (including phenoxy) is 5. The Morgan fingerprint density at radius 1 is 0.862 bits per heavy atom. The third-order valence-corrected chi connectivity index (χ3v) is 12.4. The van der Waals surface area contributed by atoms with Crippen LogP contribution in [0.1, 0.15) is 117 Å². The maximum absolute atomic E-state index is 12.5. The minimum Gasteiger partial charge on any atom is -0.508 e. The fraction of sp³-hybridized carbons (Fsp3) is 0.500. The van der Waals surface area contributed by atoms with Crippen molar-refractivity contribution in [2.24, 2.45) is 11.8 Å². The second-order valence-electron chi connectivity index (χ2n) is 16.3. The maximum atomic E-state index is 12.5. The Morgan fingerprint density at radius 2 is 1.67 bits per heavy atom. The van der Waals surface area contributed by atoms with Crippen molar-refractivity contribution in [2.75, 3.05) is 34.5 Å². The summed E-state index contributed by atoms with van der Waals surface area (Å²) in [5.74, 6) is 1.79. The fourth-order valence-electron chi connectivity index (χ4n) is 9.46. The molecule has 10 nitrogen and oxygen atoms in total. The van der Waals surface area contributed by atoms with Crippen LogP contribution in [0.3, 0.4) is 0 Å². The van der Waals surface area contributed by atoms with Gasteiger partial charge in [-0.3, -0.25) is 0 Å². The van der Waals surface area contributed by atoms with Crippen LogP contribution in [0, 0.1) is 11.8 Å². The smallest absolute Gasteiger partial charge is 0.128 e. The lowest BCUT2D eigenvalue weighted by atomic mass is 9.72. The zero-order chi connectivity index (χ0) is 40.8. The molecule has 0 spiro atoms. The standard InChI is InChI=1S/C48H61NO9/c1-5-6-7-16-41(49-2)37-26-44-38(27-43(37)55-4)47(53)45(42(58-44)17-11-20-54-3)40-28-56-48-31(24-35(25-39(48)46(40)52)57-34-14-8-9-15-34)21-30-23-33(51)18-19-36(30)29-12-10-13-32(50)22-29/h10,12-13,18-19,22-27,34,40-42,45-47,49-53H,5-9,11,14-17,20-21,28H2,1-4H3/t40-,41+,42-,45-,46-,47+/m1/s1. The molecule has 0 radical (unpaired) electrons. The SMILES string of the molecule is CCCCC[C@H](NC)c1cc2c(cc1OC)[C@H](O)[C@H]([C@H]1COc3c(Cc4cc(O)ccc4-c4cccc(O)c4)cc(OC4CCCC4)cc3[C@H]1O)[C@@H](CCCOC)O2. The quantitative estimate of drug-likeness (QED) is 0.0658. The molecule has 1 saturated carbocycles. The largest absolute Gasteiger partial charge is 0.508 e. The number of hydrogen-bond acceptors (Lipinski definition) is 10. The molecule has 2 heterocycles. The summed E-state index contributed by atoms with van der Waals surface area (Å²) < 4.78 is 31.6. The second-order valence-corrected chi connectivity index (χ2v) is 16.3. The van der Waals surface area contributed by atoms with Gasteiger partial charge < -0.3 is 49.4 Å². The van der Waals surface area contributed by atoms with Crippen LogP contribution in [0.15, 0.2) is 66.7 Å². The highest BCUT2D eigenvalue weighted by molar-refractivity contribution is 5.70. The highest BCUT2D eigenvalue weighted by Crippen LogP contribution is 2.52. The molecule has 0 unspecified atom stereocenters. The van der Waals surface area contributed by atoms with Gasteiger partial charge in [-0.15, -0.1) is 0 Å². The van der Waals surface area contributed by atoms with Gasteiger partial charge in [-0.2, -0.15) is 0 Å². The van der Waals surface area contributed by atoms with E-state index in [4.69, 9.17) is 23.7 Å². The number of hydrogen-bond donors (Lipinski definition) is 5. The first-order valence-corrected chi connectivity index (χ1v) is 21.2. The van der Waals surface area contributed by atoms with E-state index in [9.17, 15) is 20.4 Å². The van der Waals surface area contributed by atoms with Crippen molar-refractivity contribution >= 4 is 0 Å². The first-order valence-electron chi connectivity index (χ1n) is 21.2. The van der Waals surface area contributed by atoms with Gasteiger partial charge in [-0.25, -0.2) is 0 Å². The number of benzene rings is 4. The zero-order valence-electron chi connectivity index (χ0n) is 34.4. The molecule has 5 N–H and O–H groups in total. The predicted octanol–water partition coefficient (Wildman–Crippen LogP) is 9.11. The fourth-order valence-corrected chi connectivity index (χ4v) is 9.46. The Hall–Kier alpha value is -4.48. The van der Waals surface area contributed by atoms with Crippen molar-refractivity contribution in [3.63, 3.8) is 0 Å². The third kappa shape index (κ3) is 9.05. The molecule has 6 atom stereocenters. The summed E-state index contributed by atoms with van der Waals surface area (Å²) in [5, 5.41) is 49.4. The molecular formula is C48H61NO9. The Bertz CT molecular complexity index is 1990. The molecule has 0 saturated heterocycles. The number of unbranched alkanes of at least 4 members (excludes halogenated alkanes) is 2. The average molecular weight is 796 g/mol. The summed E-state index contributed by atoms with van der Waals surface area (Å²) in [6.07, 6.45) is 7.85. The van der Waals surface area contributed by atoms with Gasteiger partial charge in [0.1, 0.15) is 40.6 Å². The van der Waals surface area contributed by atoms with Crippen LogP contribution in [0.5, 0.6) is 34.5 Å². The number of methoxy groups -OCH3 is 2. The van der Waals surface area contributed by atoms with Gasteiger partial charge in [0.15, 0.2) is 0 Å². The molecule has 10 heteroatoms. The molecule has 4 aromatic carbocycles. The van der Waals surface area contributed by atoms with Gasteiger partial charge >= 0.3 is 0 Å². The topological polar surface area (TPSA) is 139 Å². The van der Waals surface area contributed by atoms with E-state index >= 15 is 0 Å². The number of fused-ring (bicyclic) bond motifs is 2. The average Bonchev–Trinajstić information content (AvgIpc) is 3.73. The van der Waals surface area contributed by atoms with Crippen LogP contribution in [0.25, 0.3) is 11.1 Å². The van der Waals surface area contributed by atoms with E-state index < -0.39 is 30.1 Å². The molecule has 0 amide bonds. The Labute approximate surface area is 343 Å². The number of nitrogens with one attached hydrogen (secondary N) is 1. The van der Waals surface area contributed by atoms with Crippen molar-refractivity contribution in [3.8, 4) is 45.6 Å². The van der Waals surface area contributed by atoms with E-state index in [1.807, 2.05) is 43.4 Å². The van der Waals surface area contributed by atoms with E-state index in [-0.39, 0.29) is 30.3 Å². The third-order valence-electron chi connectivity index (χ3n) is 12.4. The van der Waals surface area contributed by atoms with Crippen LogP contribution in [0.2, 0.25) is 0 Å². The molecular weight excluding hydrogens is 735 g/mol. The number of rotatable bonds is 17. The van der Waals surface area contributed by atoms with Gasteiger partial charge in [-0.1, -0.05) is 44.4 Å². The predicted molar refractivity (Wildman–Crippen MR) is 224 cm³/mol.